The molecule has 0 saturated carbocycles. The first-order valence-electron chi connectivity index (χ1n) is 11.3. The molecule has 2 atom stereocenters. The van der Waals surface area contributed by atoms with Gasteiger partial charge in [0.1, 0.15) is 6.33 Å². The lowest BCUT2D eigenvalue weighted by molar-refractivity contribution is 0.120. The van der Waals surface area contributed by atoms with E-state index in [0.29, 0.717) is 32.8 Å². The Morgan fingerprint density at radius 2 is 1.76 bits per heavy atom. The van der Waals surface area contributed by atoms with Crippen molar-refractivity contribution >= 4 is 39.2 Å². The second kappa shape index (κ2) is 8.91. The predicted molar refractivity (Wildman–Crippen MR) is 142 cm³/mol. The van der Waals surface area contributed by atoms with Crippen molar-refractivity contribution < 1.29 is 13.5 Å². The number of tetrazole rings is 1. The van der Waals surface area contributed by atoms with Crippen LogP contribution in [0.3, 0.4) is 0 Å². The Labute approximate surface area is 227 Å². The van der Waals surface area contributed by atoms with Crippen molar-refractivity contribution in [2.75, 3.05) is 11.6 Å². The van der Waals surface area contributed by atoms with E-state index >= 15 is 0 Å². The number of hydrogen-bond donors (Lipinski definition) is 2. The monoisotopic (exact) mass is 567 g/mol. The number of anilines is 1. The third-order valence-corrected chi connectivity index (χ3v) is 8.00. The molecule has 192 valence electrons. The van der Waals surface area contributed by atoms with E-state index in [0.717, 1.165) is 27.7 Å². The fourth-order valence-corrected chi connectivity index (χ4v) is 5.84. The van der Waals surface area contributed by atoms with Crippen molar-refractivity contribution in [1.29, 1.82) is 0 Å². The van der Waals surface area contributed by atoms with Crippen LogP contribution in [0, 0.1) is 0 Å². The lowest BCUT2D eigenvalue weighted by Gasteiger charge is -2.33. The van der Waals surface area contributed by atoms with Crippen LogP contribution in [0.5, 0.6) is 0 Å². The Morgan fingerprint density at radius 1 is 1.00 bits per heavy atom. The van der Waals surface area contributed by atoms with Gasteiger partial charge in [0.05, 0.1) is 29.9 Å². The van der Waals surface area contributed by atoms with Crippen LogP contribution in [0.4, 0.5) is 5.95 Å². The smallest absolute Gasteiger partial charge is 0.248 e. The highest BCUT2D eigenvalue weighted by molar-refractivity contribution is 7.89. The van der Waals surface area contributed by atoms with Crippen LogP contribution in [-0.4, -0.2) is 48.9 Å². The molecule has 0 spiro atoms. The minimum Gasteiger partial charge on any atom is -0.374 e. The highest BCUT2D eigenvalue weighted by Gasteiger charge is 2.40. The summed E-state index contributed by atoms with van der Waals surface area (Å²) < 4.78 is 27.8. The third kappa shape index (κ3) is 3.95. The summed E-state index contributed by atoms with van der Waals surface area (Å²) in [5.74, 6) is 0.443. The Bertz CT molecular complexity index is 1790. The van der Waals surface area contributed by atoms with Gasteiger partial charge in [-0.15, -0.1) is 0 Å². The Balaban J connectivity index is 1.62. The minimum absolute atomic E-state index is 0.0495. The molecule has 10 nitrogen and oxygen atoms in total. The van der Waals surface area contributed by atoms with Crippen molar-refractivity contribution in [2.45, 2.75) is 11.6 Å². The molecule has 0 aliphatic carbocycles. The Morgan fingerprint density at radius 3 is 2.50 bits per heavy atom. The third-order valence-electron chi connectivity index (χ3n) is 6.51. The van der Waals surface area contributed by atoms with Crippen LogP contribution in [0.1, 0.15) is 34.0 Å². The van der Waals surface area contributed by atoms with Gasteiger partial charge in [0, 0.05) is 15.6 Å². The number of rotatable bonds is 5. The number of nitrogens with zero attached hydrogens (tertiary/aromatic N) is 6. The van der Waals surface area contributed by atoms with Gasteiger partial charge in [0.15, 0.2) is 5.60 Å². The average molecular weight is 568 g/mol. The lowest BCUT2D eigenvalue weighted by atomic mass is 9.81. The molecule has 38 heavy (non-hydrogen) atoms. The summed E-state index contributed by atoms with van der Waals surface area (Å²) in [6.45, 7) is 0. The predicted octanol–water partition coefficient (Wildman–Crippen LogP) is 3.77. The van der Waals surface area contributed by atoms with Crippen LogP contribution < -0.4 is 5.32 Å². The molecule has 13 heteroatoms. The highest BCUT2D eigenvalue weighted by Crippen LogP contribution is 2.42. The Hall–Kier alpha value is -3.77. The molecule has 2 aromatic heterocycles. The molecule has 0 amide bonds. The van der Waals surface area contributed by atoms with Gasteiger partial charge in [0.2, 0.25) is 16.0 Å². The zero-order chi connectivity index (χ0) is 26.7. The van der Waals surface area contributed by atoms with E-state index in [9.17, 15) is 13.5 Å². The van der Waals surface area contributed by atoms with E-state index in [1.807, 2.05) is 18.2 Å². The standard InChI is InChI=1S/C25H19Cl2N7O3S/c1-38(36,37)33-14-28-13-22(33)25(35,16-5-8-18(26)9-6-16)17-7-10-21-20(12-17)23(15-3-2-4-19(27)11-15)29-24-30-31-32-34(21)24/h2-14,23,35H,1H3,(H,29,30,32). The quantitative estimate of drug-likeness (QED) is 0.328. The number of aliphatic hydroxyl groups is 1. The van der Waals surface area contributed by atoms with Crippen LogP contribution >= 0.6 is 23.2 Å². The molecule has 3 aromatic carbocycles. The molecule has 1 aliphatic heterocycles. The number of benzene rings is 3. The molecule has 1 aliphatic rings. The van der Waals surface area contributed by atoms with Crippen LogP contribution in [0.15, 0.2) is 79.3 Å². The maximum absolute atomic E-state index is 12.6. The highest BCUT2D eigenvalue weighted by atomic mass is 35.5. The summed E-state index contributed by atoms with van der Waals surface area (Å²) in [6.07, 6.45) is 3.54. The van der Waals surface area contributed by atoms with Gasteiger partial charge in [-0.25, -0.2) is 17.4 Å². The van der Waals surface area contributed by atoms with Crippen molar-refractivity contribution in [3.8, 4) is 5.69 Å². The molecule has 3 heterocycles. The first-order valence-corrected chi connectivity index (χ1v) is 13.9. The average Bonchev–Trinajstić information content (AvgIpc) is 3.58. The minimum atomic E-state index is -3.80. The molecule has 0 bridgehead atoms. The fraction of sp³-hybridized carbons (Fsp3) is 0.120. The molecule has 2 N–H and O–H groups in total. The number of imidazole rings is 1. The number of nitrogens with one attached hydrogen (secondary N) is 1. The molecule has 5 aromatic rings. The SMILES string of the molecule is CS(=O)(=O)n1cncc1C(O)(c1ccc(Cl)cc1)c1ccc2c(c1)C(c1cccc(Cl)c1)Nc1nnnn1-2. The van der Waals surface area contributed by atoms with Gasteiger partial charge in [-0.1, -0.05) is 58.6 Å². The summed E-state index contributed by atoms with van der Waals surface area (Å²) in [7, 11) is -3.80. The lowest BCUT2D eigenvalue weighted by Crippen LogP contribution is -2.34. The number of fused-ring (bicyclic) bond motifs is 3. The van der Waals surface area contributed by atoms with E-state index in [4.69, 9.17) is 23.2 Å². The molecule has 0 radical (unpaired) electrons. The molecule has 2 unspecified atom stereocenters. The molecular weight excluding hydrogens is 549 g/mol. The largest absolute Gasteiger partial charge is 0.374 e. The van der Waals surface area contributed by atoms with E-state index < -0.39 is 21.7 Å². The van der Waals surface area contributed by atoms with Crippen molar-refractivity contribution in [1.82, 2.24) is 29.2 Å². The van der Waals surface area contributed by atoms with E-state index in [2.05, 4.69) is 25.8 Å². The van der Waals surface area contributed by atoms with Crippen molar-refractivity contribution in [3.05, 3.63) is 117 Å². The molecule has 0 fully saturated rings. The van der Waals surface area contributed by atoms with Gasteiger partial charge in [-0.05, 0) is 63.5 Å². The second-order valence-electron chi connectivity index (χ2n) is 8.88. The first-order chi connectivity index (χ1) is 18.2. The van der Waals surface area contributed by atoms with E-state index in [1.165, 1.54) is 6.20 Å². The fourth-order valence-electron chi connectivity index (χ4n) is 4.75. The van der Waals surface area contributed by atoms with Crippen molar-refractivity contribution in [2.24, 2.45) is 0 Å². The van der Waals surface area contributed by atoms with Gasteiger partial charge in [-0.3, -0.25) is 0 Å². The number of halogens is 2. The summed E-state index contributed by atoms with van der Waals surface area (Å²) in [5.41, 5.74) is 1.21. The van der Waals surface area contributed by atoms with E-state index in [-0.39, 0.29) is 5.69 Å². The molecule has 0 saturated heterocycles. The Kier molecular flexibility index (Phi) is 5.76. The zero-order valence-corrected chi connectivity index (χ0v) is 22.0. The van der Waals surface area contributed by atoms with Gasteiger partial charge < -0.3 is 10.4 Å². The van der Waals surface area contributed by atoms with Crippen LogP contribution in [0.25, 0.3) is 5.69 Å². The topological polar surface area (TPSA) is 128 Å². The van der Waals surface area contributed by atoms with E-state index in [1.54, 1.807) is 53.2 Å². The summed E-state index contributed by atoms with van der Waals surface area (Å²) in [4.78, 5) is 4.05. The van der Waals surface area contributed by atoms with Gasteiger partial charge in [0.25, 0.3) is 0 Å². The van der Waals surface area contributed by atoms with Gasteiger partial charge in [-0.2, -0.15) is 4.68 Å². The van der Waals surface area contributed by atoms with Gasteiger partial charge >= 0.3 is 0 Å². The summed E-state index contributed by atoms with van der Waals surface area (Å²) in [6, 6.07) is 18.8. The molecular formula is C25H19Cl2N7O3S. The maximum atomic E-state index is 12.6. The first kappa shape index (κ1) is 24.6. The second-order valence-corrected chi connectivity index (χ2v) is 11.6. The van der Waals surface area contributed by atoms with Crippen molar-refractivity contribution in [3.63, 3.8) is 0 Å². The molecule has 6 rings (SSSR count). The summed E-state index contributed by atoms with van der Waals surface area (Å²) in [5, 5.41) is 28.8. The number of aromatic nitrogens is 6. The number of hydrogen-bond acceptors (Lipinski definition) is 8. The van der Waals surface area contributed by atoms with Crippen LogP contribution in [-0.2, 0) is 15.6 Å². The normalized spacial score (nSPS) is 16.3. The van der Waals surface area contributed by atoms with Crippen LogP contribution in [0.2, 0.25) is 10.0 Å². The zero-order valence-electron chi connectivity index (χ0n) is 19.7. The summed E-state index contributed by atoms with van der Waals surface area (Å²) >= 11 is 12.4. The maximum Gasteiger partial charge on any atom is 0.248 e.